The number of nitrogens with zero attached hydrogens (tertiary/aromatic N) is 1. The van der Waals surface area contributed by atoms with Crippen LogP contribution in [0.4, 0.5) is 0 Å². The largest absolute Gasteiger partial charge is 0.388 e. The number of hydrogen-bond donors (Lipinski definition) is 3. The van der Waals surface area contributed by atoms with E-state index in [1.54, 1.807) is 28.1 Å². The smallest absolute Gasteiger partial charge is 0.263 e. The summed E-state index contributed by atoms with van der Waals surface area (Å²) in [4.78, 5) is 54.8. The molecule has 216 valence electrons. The molecule has 0 radical (unpaired) electrons. The maximum Gasteiger partial charge on any atom is 0.263 e. The van der Waals surface area contributed by atoms with Gasteiger partial charge in [-0.05, 0) is 25.8 Å². The van der Waals surface area contributed by atoms with Gasteiger partial charge in [-0.3, -0.25) is 19.2 Å². The van der Waals surface area contributed by atoms with Crippen molar-refractivity contribution in [3.8, 4) is 0 Å². The Labute approximate surface area is 232 Å². The molecule has 1 aliphatic rings. The predicted octanol–water partition coefficient (Wildman–Crippen LogP) is 2.03. The molecule has 11 nitrogen and oxygen atoms in total. The van der Waals surface area contributed by atoms with Crippen LogP contribution in [0.2, 0.25) is 0 Å². The van der Waals surface area contributed by atoms with Crippen LogP contribution >= 0.6 is 11.3 Å². The van der Waals surface area contributed by atoms with Crippen LogP contribution in [-0.2, 0) is 35.0 Å². The SMILES string of the molecule is C.COC.COC[C@H](NC(=O)c1cnc(C)s1)C(=O)NCC(=O)N[C@@H](Cc1ccccc1)C(=O)[C@@]1(C)CO1.[HH].[HH].[HH]. The minimum absolute atomic E-state index is 0. The number of methoxy groups -OCH3 is 2. The Kier molecular flexibility index (Phi) is 13.8. The molecular formula is C26H44N4O7S. The van der Waals surface area contributed by atoms with Crippen molar-refractivity contribution in [1.29, 1.82) is 0 Å². The Morgan fingerprint density at radius 1 is 1.13 bits per heavy atom. The van der Waals surface area contributed by atoms with Crippen LogP contribution in [0.3, 0.4) is 0 Å². The Morgan fingerprint density at radius 2 is 1.76 bits per heavy atom. The summed E-state index contributed by atoms with van der Waals surface area (Å²) < 4.78 is 14.5. The van der Waals surface area contributed by atoms with Crippen molar-refractivity contribution in [2.24, 2.45) is 0 Å². The molecule has 0 aliphatic carbocycles. The molecule has 1 aromatic heterocycles. The minimum atomic E-state index is -1.01. The monoisotopic (exact) mass is 556 g/mol. The first-order valence-corrected chi connectivity index (χ1v) is 12.4. The highest BCUT2D eigenvalue weighted by Crippen LogP contribution is 2.29. The van der Waals surface area contributed by atoms with Gasteiger partial charge in [0, 0.05) is 25.6 Å². The molecule has 3 rings (SSSR count). The van der Waals surface area contributed by atoms with E-state index >= 15 is 0 Å². The number of nitrogens with one attached hydrogen (secondary N) is 3. The van der Waals surface area contributed by atoms with Crippen LogP contribution in [0.5, 0.6) is 0 Å². The van der Waals surface area contributed by atoms with Crippen LogP contribution in [-0.4, -0.2) is 87.3 Å². The van der Waals surface area contributed by atoms with Gasteiger partial charge in [0.25, 0.3) is 5.91 Å². The number of ketones is 1. The third-order valence-corrected chi connectivity index (χ3v) is 6.17. The molecule has 1 saturated heterocycles. The van der Waals surface area contributed by atoms with Crippen molar-refractivity contribution >= 4 is 34.8 Å². The molecule has 2 aromatic rings. The molecule has 0 unspecified atom stereocenters. The van der Waals surface area contributed by atoms with E-state index in [1.165, 1.54) is 24.6 Å². The maximum absolute atomic E-state index is 12.9. The molecule has 0 bridgehead atoms. The van der Waals surface area contributed by atoms with Gasteiger partial charge in [0.2, 0.25) is 11.8 Å². The van der Waals surface area contributed by atoms with Crippen LogP contribution in [0.15, 0.2) is 36.5 Å². The predicted molar refractivity (Wildman–Crippen MR) is 150 cm³/mol. The van der Waals surface area contributed by atoms with E-state index in [-0.39, 0.29) is 30.6 Å². The van der Waals surface area contributed by atoms with E-state index in [0.717, 1.165) is 10.6 Å². The Hall–Kier alpha value is -3.19. The molecule has 12 heteroatoms. The van der Waals surface area contributed by atoms with Gasteiger partial charge in [-0.15, -0.1) is 11.3 Å². The second-order valence-corrected chi connectivity index (χ2v) is 9.78. The topological polar surface area (TPSA) is 148 Å². The Bertz CT molecular complexity index is 1070. The fraction of sp³-hybridized carbons (Fsp3) is 0.500. The van der Waals surface area contributed by atoms with Gasteiger partial charge in [-0.2, -0.15) is 0 Å². The number of amides is 3. The summed E-state index contributed by atoms with van der Waals surface area (Å²) >= 11 is 1.20. The normalized spacial score (nSPS) is 17.0. The van der Waals surface area contributed by atoms with Crippen LogP contribution in [0.25, 0.3) is 0 Å². The van der Waals surface area contributed by atoms with Crippen molar-refractivity contribution in [3.63, 3.8) is 0 Å². The fourth-order valence-corrected chi connectivity index (χ4v) is 3.94. The van der Waals surface area contributed by atoms with Crippen molar-refractivity contribution in [2.45, 2.75) is 45.4 Å². The number of Topliss-reactive ketones (excluding diaryl/α,β-unsaturated/α-hetero) is 1. The van der Waals surface area contributed by atoms with Crippen molar-refractivity contribution in [1.82, 2.24) is 20.9 Å². The van der Waals surface area contributed by atoms with Crippen molar-refractivity contribution < 1.29 is 37.7 Å². The Balaban J connectivity index is -0.00000197. The Morgan fingerprint density at radius 3 is 2.29 bits per heavy atom. The van der Waals surface area contributed by atoms with E-state index in [9.17, 15) is 19.2 Å². The molecule has 1 fully saturated rings. The first kappa shape index (κ1) is 32.8. The summed E-state index contributed by atoms with van der Waals surface area (Å²) in [6.07, 6.45) is 1.73. The molecule has 3 amide bonds. The van der Waals surface area contributed by atoms with Crippen molar-refractivity contribution in [3.05, 3.63) is 52.0 Å². The second-order valence-electron chi connectivity index (χ2n) is 8.54. The fourth-order valence-electron chi connectivity index (χ4n) is 3.26. The molecule has 3 N–H and O–H groups in total. The number of aromatic nitrogens is 1. The van der Waals surface area contributed by atoms with Gasteiger partial charge in [0.05, 0.1) is 37.0 Å². The molecule has 2 heterocycles. The zero-order valence-corrected chi connectivity index (χ0v) is 22.5. The molecule has 0 saturated carbocycles. The van der Waals surface area contributed by atoms with Crippen LogP contribution in [0.1, 0.15) is 38.9 Å². The quantitative estimate of drug-likeness (QED) is 0.336. The van der Waals surface area contributed by atoms with E-state index in [1.807, 2.05) is 30.3 Å². The highest BCUT2D eigenvalue weighted by atomic mass is 32.1. The average molecular weight is 557 g/mol. The number of rotatable bonds is 12. The van der Waals surface area contributed by atoms with Gasteiger partial charge in [0.1, 0.15) is 16.5 Å². The van der Waals surface area contributed by atoms with E-state index in [2.05, 4.69) is 25.7 Å². The average Bonchev–Trinajstić information content (AvgIpc) is 3.48. The van der Waals surface area contributed by atoms with Gasteiger partial charge in [0.15, 0.2) is 5.78 Å². The lowest BCUT2D eigenvalue weighted by molar-refractivity contribution is -0.131. The zero-order chi connectivity index (χ0) is 27.4. The molecule has 3 atom stereocenters. The van der Waals surface area contributed by atoms with E-state index in [4.69, 9.17) is 9.47 Å². The summed E-state index contributed by atoms with van der Waals surface area (Å²) in [5.41, 5.74) is -0.0191. The third-order valence-electron chi connectivity index (χ3n) is 5.26. The van der Waals surface area contributed by atoms with Gasteiger partial charge < -0.3 is 30.2 Å². The van der Waals surface area contributed by atoms with E-state index in [0.29, 0.717) is 17.9 Å². The van der Waals surface area contributed by atoms with Crippen LogP contribution in [0, 0.1) is 6.92 Å². The summed E-state index contributed by atoms with van der Waals surface area (Å²) in [5.74, 6) is -1.80. The third kappa shape index (κ3) is 10.3. The minimum Gasteiger partial charge on any atom is -0.388 e. The van der Waals surface area contributed by atoms with Gasteiger partial charge >= 0.3 is 0 Å². The number of carbonyl (C=O) groups excluding carboxylic acids is 4. The summed E-state index contributed by atoms with van der Waals surface area (Å²) in [6, 6.07) is 7.50. The number of ether oxygens (including phenoxy) is 3. The lowest BCUT2D eigenvalue weighted by Gasteiger charge is -2.21. The van der Waals surface area contributed by atoms with Gasteiger partial charge in [-0.1, -0.05) is 37.8 Å². The lowest BCUT2D eigenvalue weighted by Crippen LogP contribution is -2.53. The molecule has 38 heavy (non-hydrogen) atoms. The molecule has 1 aliphatic heterocycles. The van der Waals surface area contributed by atoms with Crippen LogP contribution < -0.4 is 16.0 Å². The number of aryl methyl sites for hydroxylation is 1. The summed E-state index contributed by atoms with van der Waals surface area (Å²) in [7, 11) is 4.65. The highest BCUT2D eigenvalue weighted by molar-refractivity contribution is 7.13. The number of hydrogen-bond acceptors (Lipinski definition) is 9. The molecule has 1 aromatic carbocycles. The number of carbonyl (C=O) groups is 4. The number of benzene rings is 1. The summed E-state index contributed by atoms with van der Waals surface area (Å²) in [5, 5.41) is 8.50. The zero-order valence-electron chi connectivity index (χ0n) is 21.7. The maximum atomic E-state index is 12.9. The highest BCUT2D eigenvalue weighted by Gasteiger charge is 2.50. The summed E-state index contributed by atoms with van der Waals surface area (Å²) in [6.45, 7) is 3.31. The number of epoxide rings is 1. The van der Waals surface area contributed by atoms with Crippen molar-refractivity contribution in [2.75, 3.05) is 41.1 Å². The first-order valence-electron chi connectivity index (χ1n) is 11.5. The standard InChI is InChI=1S/C23H28N4O6S.C2H6O.CH4.3H2/c1-14-24-10-18(34-14)22(31)27-17(12-32-3)21(30)25-11-19(28)26-16(20(29)23(2)13-33-23)9-15-7-5-4-6-8-15;1-3-2;;;;/h4-8,10,16-17H,9,11-13H2,1-3H3,(H,25,30)(H,26,28)(H,27,31);1-2H3;1H4;3*1H/t16-,17-,23+;;;;;/m0...../s1. The lowest BCUT2D eigenvalue weighted by atomic mass is 9.95. The second kappa shape index (κ2) is 15.9. The molecule has 0 spiro atoms. The number of thiazole rings is 1. The first-order chi connectivity index (χ1) is 17.6. The molecular weight excluding hydrogens is 512 g/mol. The van der Waals surface area contributed by atoms with Gasteiger partial charge in [-0.25, -0.2) is 4.98 Å². The van der Waals surface area contributed by atoms with E-state index < -0.39 is 35.4 Å².